The second kappa shape index (κ2) is 7.21. The molecule has 2 aromatic rings. The fourth-order valence-electron chi connectivity index (χ4n) is 2.91. The Morgan fingerprint density at radius 2 is 1.82 bits per heavy atom. The van der Waals surface area contributed by atoms with Crippen LogP contribution in [0.2, 0.25) is 0 Å². The van der Waals surface area contributed by atoms with Crippen molar-refractivity contribution in [2.45, 2.75) is 30.1 Å². The molecule has 2 nitrogen and oxygen atoms in total. The molecule has 1 N–H and O–H groups in total. The highest BCUT2D eigenvalue weighted by atomic mass is 32.2. The van der Waals surface area contributed by atoms with Crippen LogP contribution in [0, 0.1) is 6.92 Å². The van der Waals surface area contributed by atoms with Crippen molar-refractivity contribution in [1.29, 1.82) is 0 Å². The van der Waals surface area contributed by atoms with Crippen molar-refractivity contribution in [2.24, 2.45) is 0 Å². The normalized spacial score (nSPS) is 15.1. The van der Waals surface area contributed by atoms with Crippen LogP contribution in [-0.2, 0) is 6.42 Å². The molecule has 22 heavy (non-hydrogen) atoms. The molecule has 0 spiro atoms. The van der Waals surface area contributed by atoms with Gasteiger partial charge < -0.3 is 10.2 Å². The summed E-state index contributed by atoms with van der Waals surface area (Å²) in [5, 5.41) is 3.43. The molecule has 116 valence electrons. The number of benzene rings is 2. The van der Waals surface area contributed by atoms with E-state index < -0.39 is 0 Å². The van der Waals surface area contributed by atoms with E-state index in [1.165, 1.54) is 26.6 Å². The highest BCUT2D eigenvalue weighted by Gasteiger charge is 2.15. The molecular formula is C19H24N2S. The molecule has 3 heteroatoms. The molecule has 2 aromatic carbocycles. The van der Waals surface area contributed by atoms with Gasteiger partial charge in [-0.05, 0) is 37.1 Å². The maximum Gasteiger partial charge on any atom is 0.0508 e. The minimum absolute atomic E-state index is 1.07. The quantitative estimate of drug-likeness (QED) is 0.914. The van der Waals surface area contributed by atoms with Crippen LogP contribution in [0.25, 0.3) is 0 Å². The van der Waals surface area contributed by atoms with Gasteiger partial charge in [0.25, 0.3) is 0 Å². The number of piperazine rings is 1. The summed E-state index contributed by atoms with van der Waals surface area (Å²) in [4.78, 5) is 5.25. The van der Waals surface area contributed by atoms with Crippen molar-refractivity contribution in [3.63, 3.8) is 0 Å². The van der Waals surface area contributed by atoms with E-state index in [1.807, 2.05) is 11.8 Å². The first-order chi connectivity index (χ1) is 10.8. The van der Waals surface area contributed by atoms with E-state index in [1.54, 1.807) is 0 Å². The van der Waals surface area contributed by atoms with E-state index in [2.05, 4.69) is 66.5 Å². The maximum absolute atomic E-state index is 3.43. The molecule has 1 saturated heterocycles. The number of aryl methyl sites for hydroxylation is 2. The lowest BCUT2D eigenvalue weighted by Gasteiger charge is -2.31. The van der Waals surface area contributed by atoms with Crippen LogP contribution in [-0.4, -0.2) is 26.2 Å². The van der Waals surface area contributed by atoms with Gasteiger partial charge >= 0.3 is 0 Å². The third-order valence-corrected chi connectivity index (χ3v) is 5.32. The fraction of sp³-hybridized carbons (Fsp3) is 0.368. The zero-order chi connectivity index (χ0) is 15.4. The summed E-state index contributed by atoms with van der Waals surface area (Å²) in [6, 6.07) is 15.6. The van der Waals surface area contributed by atoms with E-state index in [0.29, 0.717) is 0 Å². The Bertz CT molecular complexity index is 633. The van der Waals surface area contributed by atoms with E-state index in [0.717, 1.165) is 32.6 Å². The van der Waals surface area contributed by atoms with Crippen LogP contribution in [0.4, 0.5) is 5.69 Å². The first-order valence-corrected chi connectivity index (χ1v) is 8.91. The highest BCUT2D eigenvalue weighted by molar-refractivity contribution is 7.99. The molecule has 0 unspecified atom stereocenters. The number of anilines is 1. The molecule has 0 saturated carbocycles. The van der Waals surface area contributed by atoms with Gasteiger partial charge in [0.1, 0.15) is 0 Å². The number of nitrogens with one attached hydrogen (secondary N) is 1. The summed E-state index contributed by atoms with van der Waals surface area (Å²) < 4.78 is 0. The Kier molecular flexibility index (Phi) is 5.06. The minimum Gasteiger partial charge on any atom is -0.368 e. The lowest BCUT2D eigenvalue weighted by atomic mass is 10.1. The summed E-state index contributed by atoms with van der Waals surface area (Å²) >= 11 is 1.91. The Morgan fingerprint density at radius 3 is 2.59 bits per heavy atom. The number of rotatable bonds is 4. The average molecular weight is 312 g/mol. The standard InChI is InChI=1S/C19H24N2S/c1-3-16-14-15(2)8-9-18(16)22-19-7-5-4-6-17(19)21-12-10-20-11-13-21/h4-9,14,20H,3,10-13H2,1-2H3. The zero-order valence-corrected chi connectivity index (χ0v) is 14.2. The number of hydrogen-bond acceptors (Lipinski definition) is 3. The highest BCUT2D eigenvalue weighted by Crippen LogP contribution is 2.37. The molecule has 0 aliphatic carbocycles. The van der Waals surface area contributed by atoms with E-state index in [-0.39, 0.29) is 0 Å². The second-order valence-corrected chi connectivity index (χ2v) is 6.86. The largest absolute Gasteiger partial charge is 0.368 e. The first-order valence-electron chi connectivity index (χ1n) is 8.10. The van der Waals surface area contributed by atoms with Gasteiger partial charge in [-0.1, -0.05) is 48.5 Å². The molecular weight excluding hydrogens is 288 g/mol. The number of hydrogen-bond donors (Lipinski definition) is 1. The Labute approximate surface area is 137 Å². The van der Waals surface area contributed by atoms with Crippen LogP contribution in [0.1, 0.15) is 18.1 Å². The average Bonchev–Trinajstić information content (AvgIpc) is 2.57. The van der Waals surface area contributed by atoms with Crippen LogP contribution in [0.15, 0.2) is 52.3 Å². The van der Waals surface area contributed by atoms with Crippen LogP contribution < -0.4 is 10.2 Å². The molecule has 3 rings (SSSR count). The third-order valence-electron chi connectivity index (χ3n) is 4.14. The number of para-hydroxylation sites is 1. The molecule has 1 aliphatic rings. The van der Waals surface area contributed by atoms with Gasteiger partial charge in [-0.3, -0.25) is 0 Å². The lowest BCUT2D eigenvalue weighted by molar-refractivity contribution is 0.587. The molecule has 0 atom stereocenters. The van der Waals surface area contributed by atoms with Crippen molar-refractivity contribution in [3.8, 4) is 0 Å². The second-order valence-electron chi connectivity index (χ2n) is 5.77. The van der Waals surface area contributed by atoms with Gasteiger partial charge in [0.2, 0.25) is 0 Å². The summed E-state index contributed by atoms with van der Waals surface area (Å²) in [6.45, 7) is 8.73. The van der Waals surface area contributed by atoms with Crippen LogP contribution in [0.5, 0.6) is 0 Å². The summed E-state index contributed by atoms with van der Waals surface area (Å²) in [6.07, 6.45) is 1.08. The van der Waals surface area contributed by atoms with Crippen molar-refractivity contribution < 1.29 is 0 Å². The van der Waals surface area contributed by atoms with Gasteiger partial charge in [-0.15, -0.1) is 0 Å². The van der Waals surface area contributed by atoms with Gasteiger partial charge in [0.05, 0.1) is 5.69 Å². The predicted molar refractivity (Wildman–Crippen MR) is 96.2 cm³/mol. The first kappa shape index (κ1) is 15.4. The smallest absolute Gasteiger partial charge is 0.0508 e. The van der Waals surface area contributed by atoms with E-state index in [4.69, 9.17) is 0 Å². The van der Waals surface area contributed by atoms with Crippen molar-refractivity contribution in [3.05, 3.63) is 53.6 Å². The number of nitrogens with zero attached hydrogens (tertiary/aromatic N) is 1. The van der Waals surface area contributed by atoms with Gasteiger partial charge in [0.15, 0.2) is 0 Å². The molecule has 0 amide bonds. The molecule has 0 aromatic heterocycles. The summed E-state index contributed by atoms with van der Waals surface area (Å²) in [5.74, 6) is 0. The molecule has 0 radical (unpaired) electrons. The predicted octanol–water partition coefficient (Wildman–Crippen LogP) is 4.12. The van der Waals surface area contributed by atoms with E-state index >= 15 is 0 Å². The van der Waals surface area contributed by atoms with Crippen molar-refractivity contribution in [2.75, 3.05) is 31.1 Å². The fourth-order valence-corrected chi connectivity index (χ4v) is 4.07. The van der Waals surface area contributed by atoms with Crippen molar-refractivity contribution in [1.82, 2.24) is 5.32 Å². The molecule has 1 fully saturated rings. The van der Waals surface area contributed by atoms with Gasteiger partial charge in [-0.25, -0.2) is 0 Å². The topological polar surface area (TPSA) is 15.3 Å². The lowest BCUT2D eigenvalue weighted by Crippen LogP contribution is -2.43. The zero-order valence-electron chi connectivity index (χ0n) is 13.4. The molecule has 1 heterocycles. The third kappa shape index (κ3) is 3.47. The summed E-state index contributed by atoms with van der Waals surface area (Å²) in [5.41, 5.74) is 4.16. The van der Waals surface area contributed by atoms with Gasteiger partial charge in [-0.2, -0.15) is 0 Å². The van der Waals surface area contributed by atoms with Crippen molar-refractivity contribution >= 4 is 17.4 Å². The molecule has 1 aliphatic heterocycles. The SMILES string of the molecule is CCc1cc(C)ccc1Sc1ccccc1N1CCNCC1. The Hall–Kier alpha value is -1.45. The maximum atomic E-state index is 3.43. The van der Waals surface area contributed by atoms with Gasteiger partial charge in [0, 0.05) is 36.0 Å². The van der Waals surface area contributed by atoms with Crippen LogP contribution in [0.3, 0.4) is 0 Å². The monoisotopic (exact) mass is 312 g/mol. The molecule has 0 bridgehead atoms. The minimum atomic E-state index is 1.07. The van der Waals surface area contributed by atoms with Crippen LogP contribution >= 0.6 is 11.8 Å². The Morgan fingerprint density at radius 1 is 1.05 bits per heavy atom. The summed E-state index contributed by atoms with van der Waals surface area (Å²) in [7, 11) is 0. The van der Waals surface area contributed by atoms with E-state index in [9.17, 15) is 0 Å². The Balaban J connectivity index is 1.89.